The maximum atomic E-state index is 11.9. The van der Waals surface area contributed by atoms with Crippen LogP contribution in [0, 0.1) is 0 Å². The molecule has 1 unspecified atom stereocenters. The molecule has 0 aliphatic carbocycles. The van der Waals surface area contributed by atoms with E-state index in [4.69, 9.17) is 0 Å². The second kappa shape index (κ2) is 4.06. The van der Waals surface area contributed by atoms with E-state index in [0.29, 0.717) is 17.6 Å². The van der Waals surface area contributed by atoms with Gasteiger partial charge in [0.1, 0.15) is 5.65 Å². The van der Waals surface area contributed by atoms with E-state index in [1.54, 1.807) is 26.2 Å². The molecule has 0 radical (unpaired) electrons. The molecular weight excluding hydrogens is 204 g/mol. The largest absolute Gasteiger partial charge is 0.393 e. The molecule has 0 spiro atoms. The van der Waals surface area contributed by atoms with Crippen LogP contribution in [0.15, 0.2) is 29.2 Å². The summed E-state index contributed by atoms with van der Waals surface area (Å²) in [5.74, 6) is 0. The van der Waals surface area contributed by atoms with E-state index in [0.717, 1.165) is 5.39 Å². The van der Waals surface area contributed by atoms with Crippen molar-refractivity contribution in [2.75, 3.05) is 0 Å². The van der Waals surface area contributed by atoms with Crippen molar-refractivity contribution in [2.45, 2.75) is 19.4 Å². The Bertz CT molecular complexity index is 573. The van der Waals surface area contributed by atoms with Gasteiger partial charge < -0.3 is 5.11 Å². The van der Waals surface area contributed by atoms with Crippen LogP contribution in [-0.4, -0.2) is 20.8 Å². The number of aryl methyl sites for hydroxylation is 1. The third-order valence-corrected chi connectivity index (χ3v) is 2.56. The fourth-order valence-corrected chi connectivity index (χ4v) is 1.83. The summed E-state index contributed by atoms with van der Waals surface area (Å²) >= 11 is 0. The predicted octanol–water partition coefficient (Wildman–Crippen LogP) is 0.857. The van der Waals surface area contributed by atoms with Gasteiger partial charge in [-0.1, -0.05) is 0 Å². The minimum atomic E-state index is -0.512. The number of aliphatic hydroxyl groups is 1. The van der Waals surface area contributed by atoms with Crippen LogP contribution in [0.4, 0.5) is 0 Å². The third-order valence-electron chi connectivity index (χ3n) is 2.56. The summed E-state index contributed by atoms with van der Waals surface area (Å²) in [6.07, 6.45) is 1.52. The van der Waals surface area contributed by atoms with Crippen molar-refractivity contribution in [1.82, 2.24) is 9.55 Å². The number of aromatic nitrogens is 2. The zero-order valence-electron chi connectivity index (χ0n) is 9.34. The number of hydrogen-bond acceptors (Lipinski definition) is 3. The lowest BCUT2D eigenvalue weighted by Crippen LogP contribution is -2.24. The Labute approximate surface area is 93.2 Å². The molecule has 0 aliphatic heterocycles. The molecule has 0 saturated carbocycles. The monoisotopic (exact) mass is 218 g/mol. The molecule has 1 atom stereocenters. The van der Waals surface area contributed by atoms with Crippen molar-refractivity contribution in [3.63, 3.8) is 0 Å². The van der Waals surface area contributed by atoms with Crippen molar-refractivity contribution >= 4 is 11.0 Å². The normalized spacial score (nSPS) is 12.9. The molecule has 4 nitrogen and oxygen atoms in total. The average Bonchev–Trinajstić information content (AvgIpc) is 2.25. The first-order valence-electron chi connectivity index (χ1n) is 5.21. The number of hydrogen-bond donors (Lipinski definition) is 1. The van der Waals surface area contributed by atoms with Crippen molar-refractivity contribution in [1.29, 1.82) is 0 Å². The highest BCUT2D eigenvalue weighted by Crippen LogP contribution is 2.10. The van der Waals surface area contributed by atoms with Gasteiger partial charge in [-0.05, 0) is 25.1 Å². The number of nitrogens with zero attached hydrogens (tertiary/aromatic N) is 2. The van der Waals surface area contributed by atoms with Crippen LogP contribution < -0.4 is 5.56 Å². The fraction of sp³-hybridized carbons (Fsp3) is 0.333. The Kier molecular flexibility index (Phi) is 2.75. The summed E-state index contributed by atoms with van der Waals surface area (Å²) in [7, 11) is 1.70. The summed E-state index contributed by atoms with van der Waals surface area (Å²) in [5, 5.41) is 10.2. The predicted molar refractivity (Wildman–Crippen MR) is 62.4 cm³/mol. The summed E-state index contributed by atoms with van der Waals surface area (Å²) in [4.78, 5) is 16.1. The smallest absolute Gasteiger partial charge is 0.255 e. The molecule has 0 aliphatic rings. The lowest BCUT2D eigenvalue weighted by Gasteiger charge is -2.08. The quantitative estimate of drug-likeness (QED) is 0.813. The zero-order valence-corrected chi connectivity index (χ0v) is 9.34. The minimum absolute atomic E-state index is 0.0906. The second-order valence-electron chi connectivity index (χ2n) is 4.00. The highest BCUT2D eigenvalue weighted by Gasteiger charge is 2.09. The Morgan fingerprint density at radius 3 is 3.00 bits per heavy atom. The summed E-state index contributed by atoms with van der Waals surface area (Å²) in [6.45, 7) is 1.67. The molecule has 16 heavy (non-hydrogen) atoms. The maximum absolute atomic E-state index is 11.9. The summed E-state index contributed by atoms with van der Waals surface area (Å²) in [6, 6.07) is 5.55. The van der Waals surface area contributed by atoms with E-state index in [1.807, 2.05) is 12.1 Å². The van der Waals surface area contributed by atoms with Gasteiger partial charge in [0.25, 0.3) is 5.56 Å². The number of fused-ring (bicyclic) bond motifs is 1. The van der Waals surface area contributed by atoms with E-state index in [1.165, 1.54) is 4.57 Å². The van der Waals surface area contributed by atoms with E-state index in [-0.39, 0.29) is 5.56 Å². The summed E-state index contributed by atoms with van der Waals surface area (Å²) < 4.78 is 1.52. The van der Waals surface area contributed by atoms with Crippen LogP contribution in [0.3, 0.4) is 0 Å². The highest BCUT2D eigenvalue weighted by molar-refractivity contribution is 5.75. The standard InChI is InChI=1S/C12H14N2O2/c1-8(15)6-10-7-9-4-3-5-13-11(9)14(2)12(10)16/h3-5,7-8,15H,6H2,1-2H3. The molecule has 0 saturated heterocycles. The summed E-state index contributed by atoms with van der Waals surface area (Å²) in [5.41, 5.74) is 1.20. The van der Waals surface area contributed by atoms with Gasteiger partial charge in [0.05, 0.1) is 6.10 Å². The number of aliphatic hydroxyl groups excluding tert-OH is 1. The lowest BCUT2D eigenvalue weighted by atomic mass is 10.1. The van der Waals surface area contributed by atoms with Gasteiger partial charge in [-0.25, -0.2) is 4.98 Å². The molecule has 0 aromatic carbocycles. The van der Waals surface area contributed by atoms with Gasteiger partial charge in [0.2, 0.25) is 0 Å². The van der Waals surface area contributed by atoms with Gasteiger partial charge in [0.15, 0.2) is 0 Å². The Balaban J connectivity index is 2.69. The third kappa shape index (κ3) is 1.84. The molecule has 84 valence electrons. The Morgan fingerprint density at radius 1 is 1.56 bits per heavy atom. The van der Waals surface area contributed by atoms with Crippen LogP contribution in [0.1, 0.15) is 12.5 Å². The number of rotatable bonds is 2. The van der Waals surface area contributed by atoms with Crippen LogP contribution in [0.5, 0.6) is 0 Å². The van der Waals surface area contributed by atoms with Crippen molar-refractivity contribution in [3.05, 3.63) is 40.3 Å². The minimum Gasteiger partial charge on any atom is -0.393 e. The molecule has 2 rings (SSSR count). The lowest BCUT2D eigenvalue weighted by molar-refractivity contribution is 0.195. The molecular formula is C12H14N2O2. The first-order valence-corrected chi connectivity index (χ1v) is 5.21. The highest BCUT2D eigenvalue weighted by atomic mass is 16.3. The molecule has 0 fully saturated rings. The molecule has 2 heterocycles. The SMILES string of the molecule is CC(O)Cc1cc2cccnc2n(C)c1=O. The van der Waals surface area contributed by atoms with Gasteiger partial charge in [-0.15, -0.1) is 0 Å². The van der Waals surface area contributed by atoms with Crippen LogP contribution in [-0.2, 0) is 13.5 Å². The van der Waals surface area contributed by atoms with Crippen molar-refractivity contribution < 1.29 is 5.11 Å². The van der Waals surface area contributed by atoms with E-state index < -0.39 is 6.10 Å². The second-order valence-corrected chi connectivity index (χ2v) is 4.00. The topological polar surface area (TPSA) is 55.1 Å². The van der Waals surface area contributed by atoms with Crippen molar-refractivity contribution in [3.8, 4) is 0 Å². The van der Waals surface area contributed by atoms with Gasteiger partial charge >= 0.3 is 0 Å². The fourth-order valence-electron chi connectivity index (χ4n) is 1.83. The van der Waals surface area contributed by atoms with Crippen molar-refractivity contribution in [2.24, 2.45) is 7.05 Å². The van der Waals surface area contributed by atoms with Crippen LogP contribution in [0.2, 0.25) is 0 Å². The maximum Gasteiger partial charge on any atom is 0.255 e. The molecule has 1 N–H and O–H groups in total. The Morgan fingerprint density at radius 2 is 2.31 bits per heavy atom. The molecule has 0 bridgehead atoms. The van der Waals surface area contributed by atoms with Crippen LogP contribution >= 0.6 is 0 Å². The van der Waals surface area contributed by atoms with Gasteiger partial charge in [-0.3, -0.25) is 9.36 Å². The number of pyridine rings is 2. The van der Waals surface area contributed by atoms with E-state index in [9.17, 15) is 9.90 Å². The molecule has 2 aromatic rings. The first-order chi connectivity index (χ1) is 7.59. The molecule has 0 amide bonds. The van der Waals surface area contributed by atoms with Gasteiger partial charge in [-0.2, -0.15) is 0 Å². The van der Waals surface area contributed by atoms with E-state index in [2.05, 4.69) is 4.98 Å². The van der Waals surface area contributed by atoms with E-state index >= 15 is 0 Å². The van der Waals surface area contributed by atoms with Crippen LogP contribution in [0.25, 0.3) is 11.0 Å². The molecule has 2 aromatic heterocycles. The average molecular weight is 218 g/mol. The first kappa shape index (κ1) is 10.8. The van der Waals surface area contributed by atoms with Gasteiger partial charge in [0, 0.05) is 30.6 Å². The zero-order chi connectivity index (χ0) is 11.7. The molecule has 4 heteroatoms. The Hall–Kier alpha value is -1.68.